The summed E-state index contributed by atoms with van der Waals surface area (Å²) in [5.74, 6) is 1.21. The Morgan fingerprint density at radius 2 is 2.18 bits per heavy atom. The van der Waals surface area contributed by atoms with Crippen molar-refractivity contribution in [2.24, 2.45) is 5.92 Å². The number of hydrogen-bond donors (Lipinski definition) is 1. The van der Waals surface area contributed by atoms with Crippen molar-refractivity contribution in [2.45, 2.75) is 6.92 Å². The van der Waals surface area contributed by atoms with Gasteiger partial charge in [-0.05, 0) is 36.8 Å². The number of nitriles is 1. The van der Waals surface area contributed by atoms with Crippen molar-refractivity contribution >= 4 is 22.3 Å². The zero-order valence-corrected chi connectivity index (χ0v) is 15.2. The van der Waals surface area contributed by atoms with Gasteiger partial charge in [0.05, 0.1) is 23.7 Å². The minimum atomic E-state index is -0.0748. The highest BCUT2D eigenvalue weighted by molar-refractivity contribution is 5.99. The van der Waals surface area contributed by atoms with Gasteiger partial charge >= 0.3 is 0 Å². The molecule has 138 valence electrons. The summed E-state index contributed by atoms with van der Waals surface area (Å²) >= 11 is 0. The smallest absolute Gasteiger partial charge is 0.255 e. The van der Waals surface area contributed by atoms with Gasteiger partial charge in [0, 0.05) is 42.5 Å². The summed E-state index contributed by atoms with van der Waals surface area (Å²) < 4.78 is 7.81. The molecule has 7 nitrogen and oxygen atoms in total. The van der Waals surface area contributed by atoms with E-state index in [-0.39, 0.29) is 11.8 Å². The third kappa shape index (κ3) is 2.50. The van der Waals surface area contributed by atoms with Crippen LogP contribution in [-0.4, -0.2) is 38.5 Å². The Morgan fingerprint density at radius 1 is 1.32 bits per heavy atom. The second-order valence-corrected chi connectivity index (χ2v) is 7.02. The Hall–Kier alpha value is -3.79. The number of rotatable bonds is 3. The van der Waals surface area contributed by atoms with Crippen molar-refractivity contribution < 1.29 is 9.53 Å². The zero-order chi connectivity index (χ0) is 19.3. The molecule has 0 aliphatic carbocycles. The fraction of sp³-hybridized carbons (Fsp3) is 0.190. The number of ether oxygens (including phenoxy) is 1. The van der Waals surface area contributed by atoms with Gasteiger partial charge in [-0.25, -0.2) is 4.52 Å². The van der Waals surface area contributed by atoms with Crippen LogP contribution < -0.4 is 4.74 Å². The number of carbonyl (C=O) groups excluding carboxylic acids is 1. The summed E-state index contributed by atoms with van der Waals surface area (Å²) in [5, 5.41) is 14.3. The van der Waals surface area contributed by atoms with E-state index in [1.165, 1.54) is 0 Å². The first-order valence-corrected chi connectivity index (χ1v) is 9.05. The number of amides is 1. The van der Waals surface area contributed by atoms with Crippen LogP contribution in [0.4, 0.5) is 0 Å². The second-order valence-electron chi connectivity index (χ2n) is 7.02. The number of fused-ring (bicyclic) bond motifs is 2. The lowest BCUT2D eigenvalue weighted by Crippen LogP contribution is -2.49. The van der Waals surface area contributed by atoms with Gasteiger partial charge in [0.1, 0.15) is 11.3 Å². The van der Waals surface area contributed by atoms with Crippen LogP contribution >= 0.6 is 0 Å². The van der Waals surface area contributed by atoms with Crippen molar-refractivity contribution in [2.75, 3.05) is 13.1 Å². The van der Waals surface area contributed by atoms with Gasteiger partial charge in [0.2, 0.25) is 0 Å². The van der Waals surface area contributed by atoms with Crippen LogP contribution in [0.15, 0.2) is 48.9 Å². The van der Waals surface area contributed by atoms with E-state index in [4.69, 9.17) is 10.00 Å². The maximum absolute atomic E-state index is 12.8. The highest BCUT2D eigenvalue weighted by Crippen LogP contribution is 2.32. The molecule has 0 radical (unpaired) electrons. The van der Waals surface area contributed by atoms with E-state index in [1.54, 1.807) is 27.9 Å². The highest BCUT2D eigenvalue weighted by Gasteiger charge is 2.32. The number of nitrogens with one attached hydrogen (secondary N) is 1. The van der Waals surface area contributed by atoms with Crippen molar-refractivity contribution in [3.63, 3.8) is 0 Å². The number of nitrogens with zero attached hydrogens (tertiary/aromatic N) is 4. The maximum Gasteiger partial charge on any atom is 0.255 e. The van der Waals surface area contributed by atoms with Crippen LogP contribution in [0.2, 0.25) is 0 Å². The second kappa shape index (κ2) is 6.13. The molecule has 4 aromatic rings. The lowest BCUT2D eigenvalue weighted by molar-refractivity contribution is 0.0576. The van der Waals surface area contributed by atoms with Crippen LogP contribution in [0.3, 0.4) is 0 Å². The normalized spacial score (nSPS) is 14.2. The quantitative estimate of drug-likeness (QED) is 0.597. The van der Waals surface area contributed by atoms with Gasteiger partial charge in [-0.3, -0.25) is 4.79 Å². The molecule has 3 aromatic heterocycles. The molecule has 0 atom stereocenters. The predicted octanol–water partition coefficient (Wildman–Crippen LogP) is 3.51. The fourth-order valence-corrected chi connectivity index (χ4v) is 3.64. The molecular weight excluding hydrogens is 354 g/mol. The third-order valence-electron chi connectivity index (χ3n) is 5.22. The zero-order valence-electron chi connectivity index (χ0n) is 15.2. The minimum absolute atomic E-state index is 0.0679. The highest BCUT2D eigenvalue weighted by atomic mass is 16.5. The number of likely N-dealkylation sites (tertiary alicyclic amines) is 1. The van der Waals surface area contributed by atoms with E-state index >= 15 is 0 Å². The molecule has 4 heterocycles. The van der Waals surface area contributed by atoms with Gasteiger partial charge in [0.25, 0.3) is 5.91 Å². The molecule has 5 rings (SSSR count). The Labute approximate surface area is 160 Å². The molecule has 0 saturated carbocycles. The van der Waals surface area contributed by atoms with Gasteiger partial charge in [-0.1, -0.05) is 0 Å². The molecule has 1 N–H and O–H groups in total. The summed E-state index contributed by atoms with van der Waals surface area (Å²) in [4.78, 5) is 17.6. The third-order valence-corrected chi connectivity index (χ3v) is 5.22. The first-order valence-electron chi connectivity index (χ1n) is 9.05. The van der Waals surface area contributed by atoms with Crippen molar-refractivity contribution in [1.82, 2.24) is 19.5 Å². The predicted molar refractivity (Wildman–Crippen MR) is 103 cm³/mol. The Bertz CT molecular complexity index is 1260. The number of aromatic nitrogens is 3. The Morgan fingerprint density at radius 3 is 3.00 bits per heavy atom. The molecule has 0 spiro atoms. The monoisotopic (exact) mass is 371 g/mol. The fourth-order valence-electron chi connectivity index (χ4n) is 3.64. The van der Waals surface area contributed by atoms with E-state index in [1.807, 2.05) is 37.4 Å². The molecule has 1 aromatic carbocycles. The number of benzene rings is 1. The molecule has 1 aliphatic rings. The van der Waals surface area contributed by atoms with E-state index in [2.05, 4.69) is 16.2 Å². The summed E-state index contributed by atoms with van der Waals surface area (Å²) in [6, 6.07) is 11.8. The van der Waals surface area contributed by atoms with Crippen LogP contribution in [-0.2, 0) is 0 Å². The summed E-state index contributed by atoms with van der Waals surface area (Å²) in [6.45, 7) is 2.86. The first kappa shape index (κ1) is 16.4. The lowest BCUT2D eigenvalue weighted by Gasteiger charge is -2.35. The Kier molecular flexibility index (Phi) is 3.59. The molecule has 0 unspecified atom stereocenters. The number of carbonyl (C=O) groups is 1. The number of aromatic amines is 1. The van der Waals surface area contributed by atoms with Gasteiger partial charge < -0.3 is 14.6 Å². The lowest BCUT2D eigenvalue weighted by atomic mass is 10.0. The number of H-pyrrole nitrogens is 1. The van der Waals surface area contributed by atoms with E-state index in [0.717, 1.165) is 22.0 Å². The Balaban J connectivity index is 1.50. The summed E-state index contributed by atoms with van der Waals surface area (Å²) in [6.07, 6.45) is 5.27. The van der Waals surface area contributed by atoms with Crippen molar-refractivity contribution in [3.05, 3.63) is 60.0 Å². The SMILES string of the molecule is Cc1c(C(=O)N2CC(C#N)C2)cn2nccc(Oc3ccc4[nH]ccc4c3)c12. The molecule has 1 amide bonds. The molecule has 0 bridgehead atoms. The van der Waals surface area contributed by atoms with Gasteiger partial charge in [-0.2, -0.15) is 10.4 Å². The minimum Gasteiger partial charge on any atom is -0.455 e. The number of aryl methyl sites for hydroxylation is 1. The van der Waals surface area contributed by atoms with E-state index < -0.39 is 0 Å². The van der Waals surface area contributed by atoms with Crippen LogP contribution in [0.25, 0.3) is 16.4 Å². The molecule has 1 fully saturated rings. The molecule has 7 heteroatoms. The topological polar surface area (TPSA) is 86.4 Å². The molecule has 1 aliphatic heterocycles. The molecular formula is C21H17N5O2. The average Bonchev–Trinajstić information content (AvgIpc) is 3.25. The summed E-state index contributed by atoms with van der Waals surface area (Å²) in [5.41, 5.74) is 3.21. The standard InChI is InChI=1S/C21H17N5O2/c1-13-17(21(27)25-10-14(9-22)11-25)12-26-20(13)19(5-7-24-26)28-16-2-3-18-15(8-16)4-6-23-18/h2-8,12,14,23H,10-11H2,1H3. The van der Waals surface area contributed by atoms with Crippen LogP contribution in [0, 0.1) is 24.2 Å². The van der Waals surface area contributed by atoms with Gasteiger partial charge in [-0.15, -0.1) is 0 Å². The van der Waals surface area contributed by atoms with Crippen LogP contribution in [0.1, 0.15) is 15.9 Å². The van der Waals surface area contributed by atoms with Crippen molar-refractivity contribution in [3.8, 4) is 17.6 Å². The van der Waals surface area contributed by atoms with Crippen LogP contribution in [0.5, 0.6) is 11.5 Å². The van der Waals surface area contributed by atoms with E-state index in [0.29, 0.717) is 30.2 Å². The molecule has 28 heavy (non-hydrogen) atoms. The average molecular weight is 371 g/mol. The van der Waals surface area contributed by atoms with E-state index in [9.17, 15) is 4.79 Å². The largest absolute Gasteiger partial charge is 0.455 e. The first-order chi connectivity index (χ1) is 13.6. The maximum atomic E-state index is 12.8. The van der Waals surface area contributed by atoms with Crippen molar-refractivity contribution in [1.29, 1.82) is 5.26 Å². The summed E-state index contributed by atoms with van der Waals surface area (Å²) in [7, 11) is 0. The number of hydrogen-bond acceptors (Lipinski definition) is 4. The molecule has 1 saturated heterocycles. The van der Waals surface area contributed by atoms with Gasteiger partial charge in [0.15, 0.2) is 5.75 Å².